The SMILES string of the molecule is CC(C)NCC(=O)Cc1cccc(-c2ccccc2Cl)c1F. The summed E-state index contributed by atoms with van der Waals surface area (Å²) < 4.78 is 14.7. The van der Waals surface area contributed by atoms with E-state index in [2.05, 4.69) is 5.32 Å². The second kappa shape index (κ2) is 7.52. The van der Waals surface area contributed by atoms with Gasteiger partial charge in [0.2, 0.25) is 0 Å². The van der Waals surface area contributed by atoms with Crippen molar-refractivity contribution >= 4 is 17.4 Å². The topological polar surface area (TPSA) is 29.1 Å². The maximum atomic E-state index is 14.7. The first-order valence-electron chi connectivity index (χ1n) is 7.26. The van der Waals surface area contributed by atoms with Gasteiger partial charge in [0.05, 0.1) is 6.54 Å². The van der Waals surface area contributed by atoms with Gasteiger partial charge in [0.1, 0.15) is 5.82 Å². The van der Waals surface area contributed by atoms with E-state index in [9.17, 15) is 9.18 Å². The summed E-state index contributed by atoms with van der Waals surface area (Å²) >= 11 is 6.13. The molecule has 0 saturated heterocycles. The minimum atomic E-state index is -0.381. The van der Waals surface area contributed by atoms with E-state index in [4.69, 9.17) is 11.6 Å². The molecule has 4 heteroatoms. The Morgan fingerprint density at radius 2 is 1.82 bits per heavy atom. The van der Waals surface area contributed by atoms with Crippen LogP contribution >= 0.6 is 11.6 Å². The van der Waals surface area contributed by atoms with Crippen molar-refractivity contribution in [3.8, 4) is 11.1 Å². The fourth-order valence-corrected chi connectivity index (χ4v) is 2.43. The van der Waals surface area contributed by atoms with Crippen LogP contribution in [-0.2, 0) is 11.2 Å². The highest BCUT2D eigenvalue weighted by molar-refractivity contribution is 6.33. The van der Waals surface area contributed by atoms with Gasteiger partial charge >= 0.3 is 0 Å². The number of hydrogen-bond donors (Lipinski definition) is 1. The van der Waals surface area contributed by atoms with Crippen LogP contribution in [0.5, 0.6) is 0 Å². The lowest BCUT2D eigenvalue weighted by Gasteiger charge is -2.11. The van der Waals surface area contributed by atoms with E-state index in [1.807, 2.05) is 19.9 Å². The molecule has 2 aromatic carbocycles. The van der Waals surface area contributed by atoms with Crippen molar-refractivity contribution in [2.45, 2.75) is 26.3 Å². The van der Waals surface area contributed by atoms with Crippen molar-refractivity contribution in [3.63, 3.8) is 0 Å². The molecule has 0 radical (unpaired) electrons. The first-order valence-corrected chi connectivity index (χ1v) is 7.64. The molecule has 0 aliphatic carbocycles. The minimum absolute atomic E-state index is 0.0380. The normalized spacial score (nSPS) is 11.0. The second-order valence-corrected chi connectivity index (χ2v) is 5.92. The Hall–Kier alpha value is -1.71. The molecule has 2 rings (SSSR count). The summed E-state index contributed by atoms with van der Waals surface area (Å²) in [6, 6.07) is 12.4. The van der Waals surface area contributed by atoms with E-state index < -0.39 is 0 Å². The molecular formula is C18H19ClFNO. The molecule has 0 spiro atoms. The predicted molar refractivity (Wildman–Crippen MR) is 88.7 cm³/mol. The first kappa shape index (κ1) is 16.7. The van der Waals surface area contributed by atoms with Gasteiger partial charge in [0.25, 0.3) is 0 Å². The third kappa shape index (κ3) is 4.15. The van der Waals surface area contributed by atoms with Crippen LogP contribution in [0, 0.1) is 5.82 Å². The first-order chi connectivity index (χ1) is 10.5. The highest BCUT2D eigenvalue weighted by atomic mass is 35.5. The number of rotatable bonds is 6. The van der Waals surface area contributed by atoms with Gasteiger partial charge in [0, 0.05) is 28.6 Å². The maximum absolute atomic E-state index is 14.7. The standard InChI is InChI=1S/C18H19ClFNO/c1-12(2)21-11-14(22)10-13-6-5-8-16(18(13)20)15-7-3-4-9-17(15)19/h3-9,12,21H,10-11H2,1-2H3. The summed E-state index contributed by atoms with van der Waals surface area (Å²) in [5.74, 6) is -0.419. The molecule has 22 heavy (non-hydrogen) atoms. The van der Waals surface area contributed by atoms with Crippen molar-refractivity contribution in [3.05, 3.63) is 58.9 Å². The summed E-state index contributed by atoms with van der Waals surface area (Å²) in [4.78, 5) is 11.9. The molecule has 0 saturated carbocycles. The maximum Gasteiger partial charge on any atom is 0.151 e. The van der Waals surface area contributed by atoms with Gasteiger partial charge in [-0.1, -0.05) is 61.8 Å². The van der Waals surface area contributed by atoms with E-state index in [0.717, 1.165) is 0 Å². The van der Waals surface area contributed by atoms with Gasteiger partial charge in [0.15, 0.2) is 5.78 Å². The summed E-state index contributed by atoms with van der Waals surface area (Å²) in [5.41, 5.74) is 1.46. The van der Waals surface area contributed by atoms with Gasteiger partial charge in [-0.2, -0.15) is 0 Å². The quantitative estimate of drug-likeness (QED) is 0.862. The average Bonchev–Trinajstić information content (AvgIpc) is 2.48. The smallest absolute Gasteiger partial charge is 0.151 e. The Balaban J connectivity index is 2.23. The van der Waals surface area contributed by atoms with E-state index >= 15 is 0 Å². The Bertz CT molecular complexity index is 670. The number of Topliss-reactive ketones (excluding diaryl/α,β-unsaturated/α-hetero) is 1. The summed E-state index contributed by atoms with van der Waals surface area (Å²) in [7, 11) is 0. The third-order valence-electron chi connectivity index (χ3n) is 3.34. The summed E-state index contributed by atoms with van der Waals surface area (Å²) in [6.45, 7) is 4.17. The van der Waals surface area contributed by atoms with Crippen LogP contribution in [0.1, 0.15) is 19.4 Å². The molecule has 0 aliphatic rings. The molecule has 0 aromatic heterocycles. The monoisotopic (exact) mass is 319 g/mol. The molecule has 0 aliphatic heterocycles. The summed E-state index contributed by atoms with van der Waals surface area (Å²) in [6.07, 6.45) is 0.0733. The second-order valence-electron chi connectivity index (χ2n) is 5.51. The van der Waals surface area contributed by atoms with Gasteiger partial charge in [-0.3, -0.25) is 4.79 Å². The molecule has 0 unspecified atom stereocenters. The highest BCUT2D eigenvalue weighted by Gasteiger charge is 2.14. The Kier molecular flexibility index (Phi) is 5.69. The predicted octanol–water partition coefficient (Wildman–Crippen LogP) is 4.26. The number of halogens is 2. The number of hydrogen-bond acceptors (Lipinski definition) is 2. The van der Waals surface area contributed by atoms with E-state index in [1.54, 1.807) is 36.4 Å². The van der Waals surface area contributed by atoms with E-state index in [-0.39, 0.29) is 30.6 Å². The van der Waals surface area contributed by atoms with Crippen LogP contribution in [-0.4, -0.2) is 18.4 Å². The lowest BCUT2D eigenvalue weighted by molar-refractivity contribution is -0.117. The number of carbonyl (C=O) groups excluding carboxylic acids is 1. The van der Waals surface area contributed by atoms with Crippen molar-refractivity contribution < 1.29 is 9.18 Å². The van der Waals surface area contributed by atoms with Crippen LogP contribution in [0.4, 0.5) is 4.39 Å². The lowest BCUT2D eigenvalue weighted by atomic mass is 9.99. The largest absolute Gasteiger partial charge is 0.308 e. The molecule has 0 bridgehead atoms. The van der Waals surface area contributed by atoms with Crippen LogP contribution in [0.15, 0.2) is 42.5 Å². The number of ketones is 1. The zero-order valence-corrected chi connectivity index (χ0v) is 13.5. The average molecular weight is 320 g/mol. The van der Waals surface area contributed by atoms with E-state index in [0.29, 0.717) is 21.7 Å². The number of carbonyl (C=O) groups is 1. The zero-order chi connectivity index (χ0) is 16.1. The Morgan fingerprint density at radius 3 is 2.50 bits per heavy atom. The molecule has 116 valence electrons. The molecule has 1 N–H and O–H groups in total. The molecule has 0 atom stereocenters. The molecule has 0 fully saturated rings. The van der Waals surface area contributed by atoms with Crippen LogP contribution in [0.2, 0.25) is 5.02 Å². The Labute approximate surface area is 135 Å². The minimum Gasteiger partial charge on any atom is -0.308 e. The number of benzene rings is 2. The third-order valence-corrected chi connectivity index (χ3v) is 3.67. The van der Waals surface area contributed by atoms with Crippen molar-refractivity contribution in [2.24, 2.45) is 0 Å². The fraction of sp³-hybridized carbons (Fsp3) is 0.278. The van der Waals surface area contributed by atoms with Crippen LogP contribution < -0.4 is 5.32 Å². The van der Waals surface area contributed by atoms with Crippen molar-refractivity contribution in [2.75, 3.05) is 6.54 Å². The molecular weight excluding hydrogens is 301 g/mol. The van der Waals surface area contributed by atoms with Crippen LogP contribution in [0.25, 0.3) is 11.1 Å². The van der Waals surface area contributed by atoms with Gasteiger partial charge in [-0.15, -0.1) is 0 Å². The summed E-state index contributed by atoms with van der Waals surface area (Å²) in [5, 5.41) is 3.54. The highest BCUT2D eigenvalue weighted by Crippen LogP contribution is 2.31. The molecule has 2 aromatic rings. The lowest BCUT2D eigenvalue weighted by Crippen LogP contribution is -2.30. The molecule has 0 heterocycles. The van der Waals surface area contributed by atoms with Gasteiger partial charge in [-0.05, 0) is 11.6 Å². The Morgan fingerprint density at radius 1 is 1.14 bits per heavy atom. The van der Waals surface area contributed by atoms with Gasteiger partial charge < -0.3 is 5.32 Å². The van der Waals surface area contributed by atoms with Crippen molar-refractivity contribution in [1.29, 1.82) is 0 Å². The number of nitrogens with one attached hydrogen (secondary N) is 1. The van der Waals surface area contributed by atoms with Gasteiger partial charge in [-0.25, -0.2) is 4.39 Å². The van der Waals surface area contributed by atoms with E-state index in [1.165, 1.54) is 0 Å². The molecule has 0 amide bonds. The fourth-order valence-electron chi connectivity index (χ4n) is 2.20. The van der Waals surface area contributed by atoms with Crippen LogP contribution in [0.3, 0.4) is 0 Å². The zero-order valence-electron chi connectivity index (χ0n) is 12.7. The molecule has 2 nitrogen and oxygen atoms in total. The van der Waals surface area contributed by atoms with Crippen molar-refractivity contribution in [1.82, 2.24) is 5.32 Å².